The van der Waals surface area contributed by atoms with Crippen molar-refractivity contribution in [2.45, 2.75) is 0 Å². The Bertz CT molecular complexity index is 571. The van der Waals surface area contributed by atoms with Crippen LogP contribution in [0.15, 0.2) is 34.9 Å². The number of anilines is 3. The van der Waals surface area contributed by atoms with E-state index in [1.807, 2.05) is 24.3 Å². The number of benzene rings is 1. The van der Waals surface area contributed by atoms with Crippen LogP contribution in [-0.2, 0) is 4.74 Å². The van der Waals surface area contributed by atoms with Gasteiger partial charge in [0.15, 0.2) is 5.82 Å². The summed E-state index contributed by atoms with van der Waals surface area (Å²) < 4.78 is 6.36. The summed E-state index contributed by atoms with van der Waals surface area (Å²) in [6.07, 6.45) is 1.62. The van der Waals surface area contributed by atoms with E-state index in [1.54, 1.807) is 6.20 Å². The van der Waals surface area contributed by atoms with Crippen molar-refractivity contribution in [1.29, 1.82) is 0 Å². The average molecular weight is 336 g/mol. The maximum Gasteiger partial charge on any atom is 0.247 e. The molecule has 2 heterocycles. The molecule has 0 radical (unpaired) electrons. The smallest absolute Gasteiger partial charge is 0.247 e. The molecule has 1 aliphatic rings. The van der Waals surface area contributed by atoms with Crippen LogP contribution in [0, 0.1) is 0 Å². The Kier molecular flexibility index (Phi) is 4.08. The number of nitrogens with zero attached hydrogens (tertiary/aromatic N) is 4. The molecule has 104 valence electrons. The quantitative estimate of drug-likeness (QED) is 0.927. The molecule has 1 saturated heterocycles. The van der Waals surface area contributed by atoms with Gasteiger partial charge in [0.05, 0.1) is 19.4 Å². The van der Waals surface area contributed by atoms with Crippen molar-refractivity contribution in [2.24, 2.45) is 0 Å². The summed E-state index contributed by atoms with van der Waals surface area (Å²) >= 11 is 3.41. The maximum absolute atomic E-state index is 5.32. The van der Waals surface area contributed by atoms with E-state index in [1.165, 1.54) is 0 Å². The van der Waals surface area contributed by atoms with Gasteiger partial charge in [-0.3, -0.25) is 0 Å². The molecular weight excluding hydrogens is 322 g/mol. The van der Waals surface area contributed by atoms with E-state index in [4.69, 9.17) is 4.74 Å². The fraction of sp³-hybridized carbons (Fsp3) is 0.308. The number of aromatic nitrogens is 3. The first-order valence-electron chi connectivity index (χ1n) is 6.36. The van der Waals surface area contributed by atoms with Crippen molar-refractivity contribution in [2.75, 3.05) is 36.5 Å². The van der Waals surface area contributed by atoms with E-state index < -0.39 is 0 Å². The molecule has 6 nitrogen and oxygen atoms in total. The van der Waals surface area contributed by atoms with E-state index >= 15 is 0 Å². The molecule has 0 unspecified atom stereocenters. The van der Waals surface area contributed by atoms with Crippen molar-refractivity contribution in [3.05, 3.63) is 34.9 Å². The van der Waals surface area contributed by atoms with E-state index in [2.05, 4.69) is 41.3 Å². The molecule has 0 aliphatic carbocycles. The molecule has 7 heteroatoms. The summed E-state index contributed by atoms with van der Waals surface area (Å²) in [5, 5.41) is 11.3. The van der Waals surface area contributed by atoms with Crippen LogP contribution in [0.4, 0.5) is 17.5 Å². The number of morpholine rings is 1. The minimum atomic E-state index is 0.635. The first-order chi connectivity index (χ1) is 9.81. The molecule has 3 rings (SSSR count). The molecule has 20 heavy (non-hydrogen) atoms. The van der Waals surface area contributed by atoms with Crippen molar-refractivity contribution in [3.63, 3.8) is 0 Å². The zero-order valence-electron chi connectivity index (χ0n) is 10.8. The monoisotopic (exact) mass is 335 g/mol. The van der Waals surface area contributed by atoms with Crippen molar-refractivity contribution >= 4 is 33.4 Å². The lowest BCUT2D eigenvalue weighted by Gasteiger charge is -2.26. The van der Waals surface area contributed by atoms with Gasteiger partial charge in [-0.05, 0) is 24.3 Å². The number of nitrogens with one attached hydrogen (secondary N) is 1. The third-order valence-corrected chi connectivity index (χ3v) is 3.49. The minimum Gasteiger partial charge on any atom is -0.378 e. The van der Waals surface area contributed by atoms with Crippen LogP contribution in [-0.4, -0.2) is 41.5 Å². The summed E-state index contributed by atoms with van der Waals surface area (Å²) in [6.45, 7) is 2.99. The van der Waals surface area contributed by atoms with Crippen LogP contribution in [0.2, 0.25) is 0 Å². The topological polar surface area (TPSA) is 63.2 Å². The van der Waals surface area contributed by atoms with Crippen LogP contribution in [0.1, 0.15) is 0 Å². The highest BCUT2D eigenvalue weighted by molar-refractivity contribution is 9.10. The number of hydrogen-bond donors (Lipinski definition) is 1. The lowest BCUT2D eigenvalue weighted by molar-refractivity contribution is 0.122. The van der Waals surface area contributed by atoms with Gasteiger partial charge in [0.1, 0.15) is 0 Å². The van der Waals surface area contributed by atoms with E-state index in [0.717, 1.165) is 23.2 Å². The van der Waals surface area contributed by atoms with Crippen LogP contribution >= 0.6 is 15.9 Å². The lowest BCUT2D eigenvalue weighted by Crippen LogP contribution is -2.37. The largest absolute Gasteiger partial charge is 0.378 e. The molecule has 1 aliphatic heterocycles. The van der Waals surface area contributed by atoms with Gasteiger partial charge in [0, 0.05) is 23.2 Å². The highest BCUT2D eigenvalue weighted by Gasteiger charge is 2.14. The Hall–Kier alpha value is -1.73. The SMILES string of the molecule is Brc1ccc(Nc2cnnc(N3CCOCC3)n2)cc1. The third-order valence-electron chi connectivity index (χ3n) is 2.96. The third kappa shape index (κ3) is 3.23. The summed E-state index contributed by atoms with van der Waals surface area (Å²) in [5.74, 6) is 1.32. The van der Waals surface area contributed by atoms with Crippen molar-refractivity contribution in [1.82, 2.24) is 15.2 Å². The molecule has 0 bridgehead atoms. The van der Waals surface area contributed by atoms with Gasteiger partial charge in [0.25, 0.3) is 0 Å². The van der Waals surface area contributed by atoms with E-state index in [-0.39, 0.29) is 0 Å². The number of ether oxygens (including phenoxy) is 1. The molecule has 1 aromatic heterocycles. The van der Waals surface area contributed by atoms with Crippen LogP contribution in [0.25, 0.3) is 0 Å². The highest BCUT2D eigenvalue weighted by atomic mass is 79.9. The van der Waals surface area contributed by atoms with Gasteiger partial charge in [0.2, 0.25) is 5.95 Å². The molecule has 2 aromatic rings. The Labute approximate surface area is 125 Å². The Morgan fingerprint density at radius 1 is 1.15 bits per heavy atom. The predicted molar refractivity (Wildman–Crippen MR) is 80.3 cm³/mol. The zero-order valence-corrected chi connectivity index (χ0v) is 12.4. The van der Waals surface area contributed by atoms with Gasteiger partial charge >= 0.3 is 0 Å². The minimum absolute atomic E-state index is 0.635. The molecule has 1 aromatic carbocycles. The fourth-order valence-electron chi connectivity index (χ4n) is 1.93. The molecule has 0 saturated carbocycles. The summed E-state index contributed by atoms with van der Waals surface area (Å²) in [6, 6.07) is 7.89. The molecule has 0 amide bonds. The van der Waals surface area contributed by atoms with Gasteiger partial charge < -0.3 is 15.0 Å². The predicted octanol–water partition coefficient (Wildman–Crippen LogP) is 2.21. The first kappa shape index (κ1) is 13.3. The molecule has 1 fully saturated rings. The first-order valence-corrected chi connectivity index (χ1v) is 7.15. The van der Waals surface area contributed by atoms with E-state index in [0.29, 0.717) is 25.0 Å². The van der Waals surface area contributed by atoms with Crippen molar-refractivity contribution in [3.8, 4) is 0 Å². The molecule has 0 atom stereocenters. The van der Waals surface area contributed by atoms with Crippen LogP contribution in [0.5, 0.6) is 0 Å². The maximum atomic E-state index is 5.32. The van der Waals surface area contributed by atoms with E-state index in [9.17, 15) is 0 Å². The van der Waals surface area contributed by atoms with Crippen LogP contribution < -0.4 is 10.2 Å². The molecular formula is C13H14BrN5O. The van der Waals surface area contributed by atoms with Crippen molar-refractivity contribution < 1.29 is 4.74 Å². The normalized spacial score (nSPS) is 15.2. The second kappa shape index (κ2) is 6.15. The second-order valence-corrected chi connectivity index (χ2v) is 5.29. The summed E-state index contributed by atoms with van der Waals surface area (Å²) in [5.41, 5.74) is 0.960. The zero-order chi connectivity index (χ0) is 13.8. The highest BCUT2D eigenvalue weighted by Crippen LogP contribution is 2.18. The average Bonchev–Trinajstić information content (AvgIpc) is 2.51. The lowest BCUT2D eigenvalue weighted by atomic mass is 10.3. The van der Waals surface area contributed by atoms with Gasteiger partial charge in [-0.1, -0.05) is 15.9 Å². The number of hydrogen-bond acceptors (Lipinski definition) is 6. The van der Waals surface area contributed by atoms with Gasteiger partial charge in [-0.25, -0.2) is 0 Å². The second-order valence-electron chi connectivity index (χ2n) is 4.37. The fourth-order valence-corrected chi connectivity index (χ4v) is 2.20. The molecule has 0 spiro atoms. The van der Waals surface area contributed by atoms with Gasteiger partial charge in [-0.15, -0.1) is 5.10 Å². The number of rotatable bonds is 3. The number of halogens is 1. The molecule has 1 N–H and O–H groups in total. The van der Waals surface area contributed by atoms with Gasteiger partial charge in [-0.2, -0.15) is 10.1 Å². The Morgan fingerprint density at radius 2 is 1.90 bits per heavy atom. The summed E-state index contributed by atoms with van der Waals surface area (Å²) in [4.78, 5) is 6.56. The van der Waals surface area contributed by atoms with Crippen LogP contribution in [0.3, 0.4) is 0 Å². The summed E-state index contributed by atoms with van der Waals surface area (Å²) in [7, 11) is 0. The Morgan fingerprint density at radius 3 is 2.65 bits per heavy atom. The standard InChI is InChI=1S/C13H14BrN5O/c14-10-1-3-11(4-2-10)16-12-9-15-18-13(17-12)19-5-7-20-8-6-19/h1-4,9H,5-8H2,(H,16,17,18). The Balaban J connectivity index is 1.75.